The molecule has 0 N–H and O–H groups in total. The molecule has 6 nitrogen and oxygen atoms in total. The smallest absolute Gasteiger partial charge is 0.322 e. The molecule has 0 aliphatic rings. The topological polar surface area (TPSA) is 69.4 Å². The Kier molecular flexibility index (Phi) is 6.66. The average Bonchev–Trinajstić information content (AvgIpc) is 3.40. The Morgan fingerprint density at radius 1 is 0.821 bits per heavy atom. The van der Waals surface area contributed by atoms with Crippen LogP contribution in [-0.4, -0.2) is 39.9 Å². The van der Waals surface area contributed by atoms with Gasteiger partial charge in [-0.15, -0.1) is 5.10 Å². The quantitative estimate of drug-likeness (QED) is 0.171. The minimum atomic E-state index is -0.160. The highest BCUT2D eigenvalue weighted by atomic mass is 16.5. The molecule has 0 fully saturated rings. The van der Waals surface area contributed by atoms with Crippen LogP contribution in [0.2, 0.25) is 0 Å². The first kappa shape index (κ1) is 24.2. The molecule has 1 aromatic heterocycles. The SMILES string of the molecule is Cc1ccc(-n2c(OCC(=O)CN=Cc3c4ccccc4cc4ccccc34)nnc2-c2ccccc2)cc1. The summed E-state index contributed by atoms with van der Waals surface area (Å²) in [5.41, 5.74) is 3.90. The molecule has 0 spiro atoms. The van der Waals surface area contributed by atoms with Crippen molar-refractivity contribution in [2.45, 2.75) is 6.92 Å². The van der Waals surface area contributed by atoms with E-state index in [1.807, 2.05) is 90.4 Å². The molecule has 6 aromatic rings. The normalized spacial score (nSPS) is 11.4. The van der Waals surface area contributed by atoms with E-state index in [-0.39, 0.29) is 24.9 Å². The van der Waals surface area contributed by atoms with Gasteiger partial charge in [0, 0.05) is 17.3 Å². The average molecular weight is 511 g/mol. The Balaban J connectivity index is 1.22. The largest absolute Gasteiger partial charge is 0.455 e. The van der Waals surface area contributed by atoms with Gasteiger partial charge in [0.05, 0.1) is 5.69 Å². The number of carbonyl (C=O) groups excluding carboxylic acids is 1. The van der Waals surface area contributed by atoms with Crippen molar-refractivity contribution < 1.29 is 9.53 Å². The summed E-state index contributed by atoms with van der Waals surface area (Å²) in [6.45, 7) is 1.87. The van der Waals surface area contributed by atoms with E-state index in [0.29, 0.717) is 5.82 Å². The van der Waals surface area contributed by atoms with E-state index in [1.54, 1.807) is 6.21 Å². The summed E-state index contributed by atoms with van der Waals surface area (Å²) < 4.78 is 7.72. The summed E-state index contributed by atoms with van der Waals surface area (Å²) in [5.74, 6) is 0.485. The number of Topliss-reactive ketones (excluding diaryl/α,β-unsaturated/α-hetero) is 1. The van der Waals surface area contributed by atoms with Gasteiger partial charge in [0.2, 0.25) is 0 Å². The molecule has 0 radical (unpaired) electrons. The van der Waals surface area contributed by atoms with Gasteiger partial charge in [0.1, 0.15) is 6.54 Å². The van der Waals surface area contributed by atoms with E-state index >= 15 is 0 Å². The molecular weight excluding hydrogens is 484 g/mol. The molecule has 190 valence electrons. The highest BCUT2D eigenvalue weighted by Crippen LogP contribution is 2.28. The van der Waals surface area contributed by atoms with Crippen LogP contribution in [0.4, 0.5) is 0 Å². The number of aliphatic imine (C=N–C) groups is 1. The highest BCUT2D eigenvalue weighted by Gasteiger charge is 2.18. The van der Waals surface area contributed by atoms with Crippen LogP contribution in [0, 0.1) is 6.92 Å². The molecule has 0 aliphatic heterocycles. The van der Waals surface area contributed by atoms with Gasteiger partial charge in [-0.25, -0.2) is 4.57 Å². The first-order valence-electron chi connectivity index (χ1n) is 12.8. The van der Waals surface area contributed by atoms with Crippen molar-refractivity contribution in [2.75, 3.05) is 13.2 Å². The molecule has 6 heteroatoms. The van der Waals surface area contributed by atoms with Crippen LogP contribution in [0.5, 0.6) is 6.01 Å². The summed E-state index contributed by atoms with van der Waals surface area (Å²) in [6.07, 6.45) is 1.80. The van der Waals surface area contributed by atoms with E-state index in [9.17, 15) is 4.79 Å². The molecule has 1 heterocycles. The zero-order chi connectivity index (χ0) is 26.6. The Hall–Kier alpha value is -5.10. The summed E-state index contributed by atoms with van der Waals surface area (Å²) in [6, 6.07) is 36.6. The van der Waals surface area contributed by atoms with Crippen molar-refractivity contribution in [2.24, 2.45) is 4.99 Å². The molecule has 0 atom stereocenters. The lowest BCUT2D eigenvalue weighted by Gasteiger charge is -2.11. The minimum absolute atomic E-state index is 0.00175. The molecule has 0 aliphatic carbocycles. The van der Waals surface area contributed by atoms with Gasteiger partial charge in [0.15, 0.2) is 18.2 Å². The van der Waals surface area contributed by atoms with Crippen molar-refractivity contribution >= 4 is 33.5 Å². The Morgan fingerprint density at radius 2 is 1.46 bits per heavy atom. The van der Waals surface area contributed by atoms with Crippen LogP contribution in [0.15, 0.2) is 114 Å². The number of rotatable bonds is 8. The maximum atomic E-state index is 12.8. The molecule has 0 saturated carbocycles. The zero-order valence-corrected chi connectivity index (χ0v) is 21.5. The second-order valence-corrected chi connectivity index (χ2v) is 9.37. The lowest BCUT2D eigenvalue weighted by atomic mass is 9.97. The third kappa shape index (κ3) is 5.05. The van der Waals surface area contributed by atoms with Crippen LogP contribution in [0.1, 0.15) is 11.1 Å². The molecule has 0 saturated heterocycles. The zero-order valence-electron chi connectivity index (χ0n) is 21.5. The molecule has 0 amide bonds. The van der Waals surface area contributed by atoms with E-state index in [2.05, 4.69) is 45.5 Å². The van der Waals surface area contributed by atoms with Crippen LogP contribution in [-0.2, 0) is 4.79 Å². The van der Waals surface area contributed by atoms with Crippen molar-refractivity contribution in [3.05, 3.63) is 120 Å². The monoisotopic (exact) mass is 510 g/mol. The summed E-state index contributed by atoms with van der Waals surface area (Å²) in [5, 5.41) is 13.1. The van der Waals surface area contributed by atoms with Crippen molar-refractivity contribution in [3.8, 4) is 23.1 Å². The molecule has 0 bridgehead atoms. The number of ketones is 1. The van der Waals surface area contributed by atoms with Crippen molar-refractivity contribution in [1.29, 1.82) is 0 Å². The standard InChI is InChI=1S/C33H26N4O2/c1-23-15-17-27(18-16-23)37-32(24-9-3-2-4-10-24)35-36-33(37)39-22-28(38)20-34-21-31-29-13-7-5-11-25(29)19-26-12-6-8-14-30(26)31/h2-19,21H,20,22H2,1H3. The fourth-order valence-corrected chi connectivity index (χ4v) is 4.68. The molecule has 6 rings (SSSR count). The van der Waals surface area contributed by atoms with Gasteiger partial charge in [-0.3, -0.25) is 9.79 Å². The van der Waals surface area contributed by atoms with Crippen molar-refractivity contribution in [1.82, 2.24) is 14.8 Å². The lowest BCUT2D eigenvalue weighted by molar-refractivity contribution is -0.119. The van der Waals surface area contributed by atoms with Gasteiger partial charge in [-0.05, 0) is 46.7 Å². The predicted molar refractivity (Wildman–Crippen MR) is 156 cm³/mol. The molecule has 39 heavy (non-hydrogen) atoms. The summed E-state index contributed by atoms with van der Waals surface area (Å²) in [7, 11) is 0. The maximum absolute atomic E-state index is 12.8. The Morgan fingerprint density at radius 3 is 2.15 bits per heavy atom. The third-order valence-corrected chi connectivity index (χ3v) is 6.62. The lowest BCUT2D eigenvalue weighted by Crippen LogP contribution is -2.16. The van der Waals surface area contributed by atoms with Crippen LogP contribution >= 0.6 is 0 Å². The predicted octanol–water partition coefficient (Wildman–Crippen LogP) is 6.62. The number of aromatic nitrogens is 3. The number of nitrogens with zero attached hydrogens (tertiary/aromatic N) is 4. The van der Waals surface area contributed by atoms with E-state index in [1.165, 1.54) is 0 Å². The van der Waals surface area contributed by atoms with Crippen LogP contribution in [0.3, 0.4) is 0 Å². The Labute approximate surface area is 226 Å². The third-order valence-electron chi connectivity index (χ3n) is 6.62. The van der Waals surface area contributed by atoms with Gasteiger partial charge in [-0.2, -0.15) is 0 Å². The van der Waals surface area contributed by atoms with Gasteiger partial charge < -0.3 is 4.74 Å². The van der Waals surface area contributed by atoms with Gasteiger partial charge in [0.25, 0.3) is 0 Å². The Bertz CT molecular complexity index is 1750. The summed E-state index contributed by atoms with van der Waals surface area (Å²) >= 11 is 0. The van der Waals surface area contributed by atoms with Gasteiger partial charge >= 0.3 is 6.01 Å². The van der Waals surface area contributed by atoms with E-state index < -0.39 is 0 Å². The number of benzene rings is 5. The number of aryl methyl sites for hydroxylation is 1. The minimum Gasteiger partial charge on any atom is -0.455 e. The number of carbonyl (C=O) groups is 1. The molecule has 0 unspecified atom stereocenters. The van der Waals surface area contributed by atoms with E-state index in [0.717, 1.165) is 43.9 Å². The first-order chi connectivity index (χ1) is 19.2. The van der Waals surface area contributed by atoms with Crippen LogP contribution < -0.4 is 4.74 Å². The second-order valence-electron chi connectivity index (χ2n) is 9.37. The van der Waals surface area contributed by atoms with Gasteiger partial charge in [-0.1, -0.05) is 102 Å². The maximum Gasteiger partial charge on any atom is 0.322 e. The van der Waals surface area contributed by atoms with E-state index in [4.69, 9.17) is 4.74 Å². The highest BCUT2D eigenvalue weighted by molar-refractivity contribution is 6.13. The fourth-order valence-electron chi connectivity index (χ4n) is 4.68. The number of fused-ring (bicyclic) bond motifs is 2. The summed E-state index contributed by atoms with van der Waals surface area (Å²) in [4.78, 5) is 17.3. The second kappa shape index (κ2) is 10.7. The number of hydrogen-bond acceptors (Lipinski definition) is 5. The molecular formula is C33H26N4O2. The number of hydrogen-bond donors (Lipinski definition) is 0. The number of ether oxygens (including phenoxy) is 1. The van der Waals surface area contributed by atoms with Crippen molar-refractivity contribution in [3.63, 3.8) is 0 Å². The first-order valence-corrected chi connectivity index (χ1v) is 12.8. The molecule has 5 aromatic carbocycles. The fraction of sp³-hybridized carbons (Fsp3) is 0.0909. The van der Waals surface area contributed by atoms with Crippen LogP contribution in [0.25, 0.3) is 38.6 Å².